The largest absolute Gasteiger partial charge is 0.490 e. The maximum absolute atomic E-state index is 13.4. The maximum atomic E-state index is 13.4. The highest BCUT2D eigenvalue weighted by molar-refractivity contribution is 5.85. The molecule has 0 amide bonds. The zero-order chi connectivity index (χ0) is 24.2. The quantitative estimate of drug-likeness (QED) is 0.504. The molecule has 2 aromatic rings. The van der Waals surface area contributed by atoms with Crippen LogP contribution in [0.1, 0.15) is 30.5 Å². The first kappa shape index (κ1) is 27.3. The van der Waals surface area contributed by atoms with E-state index >= 15 is 0 Å². The van der Waals surface area contributed by atoms with E-state index in [2.05, 4.69) is 0 Å². The van der Waals surface area contributed by atoms with Gasteiger partial charge in [-0.3, -0.25) is 9.69 Å². The van der Waals surface area contributed by atoms with Gasteiger partial charge in [-0.1, -0.05) is 6.07 Å². The average Bonchev–Trinajstić information content (AvgIpc) is 2.71. The van der Waals surface area contributed by atoms with Gasteiger partial charge in [0.15, 0.2) is 0 Å². The Morgan fingerprint density at radius 2 is 1.94 bits per heavy atom. The van der Waals surface area contributed by atoms with Crippen molar-refractivity contribution in [3.05, 3.63) is 58.7 Å². The van der Waals surface area contributed by atoms with E-state index in [0.717, 1.165) is 17.2 Å². The molecule has 0 atom stereocenters. The minimum Gasteiger partial charge on any atom is -0.490 e. The van der Waals surface area contributed by atoms with Crippen molar-refractivity contribution >= 4 is 24.5 Å². The summed E-state index contributed by atoms with van der Waals surface area (Å²) in [6, 6.07) is 9.08. The molecule has 2 aromatic carbocycles. The van der Waals surface area contributed by atoms with Gasteiger partial charge in [0.2, 0.25) is 0 Å². The first-order valence-corrected chi connectivity index (χ1v) is 10.4. The smallest absolute Gasteiger partial charge is 0.419 e. The fourth-order valence-electron chi connectivity index (χ4n) is 3.42. The molecule has 34 heavy (non-hydrogen) atoms. The first-order chi connectivity index (χ1) is 15.5. The third-order valence-electron chi connectivity index (χ3n) is 4.75. The molecular weight excluding hydrogens is 475 g/mol. The summed E-state index contributed by atoms with van der Waals surface area (Å²) in [6.45, 7) is 3.99. The molecule has 0 spiro atoms. The molecule has 6 nitrogen and oxygen atoms in total. The molecule has 1 N–H and O–H groups in total. The third kappa shape index (κ3) is 7.56. The topological polar surface area (TPSA) is 68.2 Å². The van der Waals surface area contributed by atoms with Crippen LogP contribution in [0.15, 0.2) is 42.0 Å². The van der Waals surface area contributed by atoms with Gasteiger partial charge in [0.1, 0.15) is 30.5 Å². The van der Waals surface area contributed by atoms with Gasteiger partial charge in [0, 0.05) is 18.2 Å². The molecule has 0 aliphatic carbocycles. The lowest BCUT2D eigenvalue weighted by Gasteiger charge is -2.22. The fourth-order valence-corrected chi connectivity index (χ4v) is 3.42. The van der Waals surface area contributed by atoms with Gasteiger partial charge in [-0.2, -0.15) is 13.2 Å². The summed E-state index contributed by atoms with van der Waals surface area (Å²) in [5, 5.41) is 8.87. The van der Waals surface area contributed by atoms with Crippen LogP contribution in [-0.2, 0) is 17.6 Å². The van der Waals surface area contributed by atoms with Crippen molar-refractivity contribution in [3.8, 4) is 17.2 Å². The van der Waals surface area contributed by atoms with E-state index in [1.54, 1.807) is 50.1 Å². The second-order valence-electron chi connectivity index (χ2n) is 8.14. The highest BCUT2D eigenvalue weighted by Gasteiger charge is 2.35. The molecule has 0 unspecified atom stereocenters. The van der Waals surface area contributed by atoms with E-state index in [-0.39, 0.29) is 37.4 Å². The Labute approximate surface area is 202 Å². The van der Waals surface area contributed by atoms with E-state index in [4.69, 9.17) is 19.3 Å². The summed E-state index contributed by atoms with van der Waals surface area (Å²) >= 11 is 0. The Morgan fingerprint density at radius 3 is 2.59 bits per heavy atom. The summed E-state index contributed by atoms with van der Waals surface area (Å²) in [6.07, 6.45) is -2.98. The Balaban J connectivity index is 0.00000408. The molecule has 0 bridgehead atoms. The number of rotatable bonds is 9. The Bertz CT molecular complexity index is 1040. The molecule has 1 aliphatic heterocycles. The second-order valence-corrected chi connectivity index (χ2v) is 8.14. The molecular formula is C24H27ClF3NO5. The van der Waals surface area contributed by atoms with E-state index in [1.807, 2.05) is 6.08 Å². The van der Waals surface area contributed by atoms with Crippen LogP contribution in [-0.4, -0.2) is 48.8 Å². The molecule has 186 valence electrons. The number of likely N-dealkylation sites (N-methyl/N-ethyl adjacent to an activating group) is 1. The van der Waals surface area contributed by atoms with Gasteiger partial charge in [0.05, 0.1) is 18.2 Å². The molecule has 0 saturated carbocycles. The van der Waals surface area contributed by atoms with Crippen molar-refractivity contribution in [1.29, 1.82) is 0 Å². The number of carboxylic acid groups (broad SMARTS) is 1. The number of benzene rings is 2. The summed E-state index contributed by atoms with van der Waals surface area (Å²) in [4.78, 5) is 12.5. The van der Waals surface area contributed by atoms with Crippen molar-refractivity contribution in [2.24, 2.45) is 0 Å². The standard InChI is InChI=1S/C24H26F3NO5.ClH/c1-15(2)33-21-7-4-16(9-20(21)24(25,26)27)13-31-19-6-5-18-8-17(14-32-22(18)10-19)11-28(3)12-23(29)30;/h4-10,15H,11-14H2,1-3H3,(H,29,30);1H. The van der Waals surface area contributed by atoms with Crippen LogP contribution < -0.4 is 14.2 Å². The number of hydrogen-bond acceptors (Lipinski definition) is 5. The second kappa shape index (κ2) is 11.5. The Kier molecular flexibility index (Phi) is 9.23. The van der Waals surface area contributed by atoms with E-state index < -0.39 is 17.7 Å². The average molecular weight is 502 g/mol. The monoisotopic (exact) mass is 501 g/mol. The molecule has 1 heterocycles. The lowest BCUT2D eigenvalue weighted by atomic mass is 10.1. The lowest BCUT2D eigenvalue weighted by molar-refractivity contribution is -0.139. The Morgan fingerprint density at radius 1 is 1.21 bits per heavy atom. The summed E-state index contributed by atoms with van der Waals surface area (Å²) in [7, 11) is 1.72. The van der Waals surface area contributed by atoms with E-state index in [9.17, 15) is 18.0 Å². The van der Waals surface area contributed by atoms with Crippen molar-refractivity contribution in [2.75, 3.05) is 26.7 Å². The highest BCUT2D eigenvalue weighted by atomic mass is 35.5. The van der Waals surface area contributed by atoms with Gasteiger partial charge in [-0.15, -0.1) is 12.4 Å². The summed E-state index contributed by atoms with van der Waals surface area (Å²) in [5.74, 6) is -0.0556. The van der Waals surface area contributed by atoms with Crippen LogP contribution in [0.2, 0.25) is 0 Å². The molecule has 1 aliphatic rings. The summed E-state index contributed by atoms with van der Waals surface area (Å²) in [5.41, 5.74) is 1.28. The van der Waals surface area contributed by atoms with Gasteiger partial charge < -0.3 is 19.3 Å². The number of alkyl halides is 3. The van der Waals surface area contributed by atoms with Gasteiger partial charge >= 0.3 is 12.1 Å². The lowest BCUT2D eigenvalue weighted by Crippen LogP contribution is -2.29. The molecule has 0 aromatic heterocycles. The Hall–Kier alpha value is -2.91. The van der Waals surface area contributed by atoms with Gasteiger partial charge in [-0.25, -0.2) is 0 Å². The number of nitrogens with zero attached hydrogens (tertiary/aromatic N) is 1. The number of ether oxygens (including phenoxy) is 3. The summed E-state index contributed by atoms with van der Waals surface area (Å²) < 4.78 is 57.0. The molecule has 0 saturated heterocycles. The van der Waals surface area contributed by atoms with Crippen molar-refractivity contribution in [2.45, 2.75) is 32.7 Å². The number of fused-ring (bicyclic) bond motifs is 1. The van der Waals surface area contributed by atoms with Crippen LogP contribution in [0, 0.1) is 0 Å². The number of carbonyl (C=O) groups is 1. The van der Waals surface area contributed by atoms with Crippen LogP contribution in [0.4, 0.5) is 13.2 Å². The van der Waals surface area contributed by atoms with Gasteiger partial charge in [-0.05, 0) is 62.4 Å². The van der Waals surface area contributed by atoms with Crippen molar-refractivity contribution in [1.82, 2.24) is 4.90 Å². The molecule has 0 fully saturated rings. The van der Waals surface area contributed by atoms with Crippen molar-refractivity contribution < 1.29 is 37.3 Å². The van der Waals surface area contributed by atoms with Crippen LogP contribution in [0.25, 0.3) is 6.08 Å². The first-order valence-electron chi connectivity index (χ1n) is 10.4. The fraction of sp³-hybridized carbons (Fsp3) is 0.375. The van der Waals surface area contributed by atoms with Crippen LogP contribution >= 0.6 is 12.4 Å². The minimum absolute atomic E-state index is 0. The predicted molar refractivity (Wildman–Crippen MR) is 124 cm³/mol. The normalized spacial score (nSPS) is 13.0. The number of halogens is 4. The van der Waals surface area contributed by atoms with Gasteiger partial charge in [0.25, 0.3) is 0 Å². The number of aliphatic carboxylic acids is 1. The maximum Gasteiger partial charge on any atom is 0.419 e. The number of carboxylic acids is 1. The third-order valence-corrected chi connectivity index (χ3v) is 4.75. The molecule has 0 radical (unpaired) electrons. The highest BCUT2D eigenvalue weighted by Crippen LogP contribution is 2.37. The van der Waals surface area contributed by atoms with Crippen LogP contribution in [0.5, 0.6) is 17.2 Å². The van der Waals surface area contributed by atoms with E-state index in [1.165, 1.54) is 6.07 Å². The zero-order valence-corrected chi connectivity index (χ0v) is 19.8. The molecule has 3 rings (SSSR count). The number of hydrogen-bond donors (Lipinski definition) is 1. The SMILES string of the molecule is CC(C)Oc1ccc(COc2ccc3c(c2)OCC(CN(C)CC(=O)O)=C3)cc1C(F)(F)F.Cl. The van der Waals surface area contributed by atoms with E-state index in [0.29, 0.717) is 30.2 Å². The van der Waals surface area contributed by atoms with Crippen molar-refractivity contribution in [3.63, 3.8) is 0 Å². The zero-order valence-electron chi connectivity index (χ0n) is 19.0. The molecule has 10 heteroatoms. The van der Waals surface area contributed by atoms with Crippen LogP contribution in [0.3, 0.4) is 0 Å². The predicted octanol–water partition coefficient (Wildman–Crippen LogP) is 5.29. The minimum atomic E-state index is -4.54.